The van der Waals surface area contributed by atoms with Gasteiger partial charge in [0.1, 0.15) is 5.75 Å². The van der Waals surface area contributed by atoms with E-state index in [2.05, 4.69) is 18.3 Å². The first kappa shape index (κ1) is 18.7. The molecule has 0 radical (unpaired) electrons. The Balaban J connectivity index is 1.95. The van der Waals surface area contributed by atoms with Crippen LogP contribution >= 0.6 is 23.4 Å². The minimum absolute atomic E-state index is 0.00734. The molecule has 3 nitrogen and oxygen atoms in total. The molecule has 0 unspecified atom stereocenters. The number of hydrogen-bond acceptors (Lipinski definition) is 3. The molecule has 1 amide bonds. The van der Waals surface area contributed by atoms with Gasteiger partial charge in [-0.05, 0) is 54.8 Å². The summed E-state index contributed by atoms with van der Waals surface area (Å²) < 4.78 is 5.29. The Kier molecular flexibility index (Phi) is 7.00. The van der Waals surface area contributed by atoms with E-state index in [0.29, 0.717) is 10.8 Å². The zero-order chi connectivity index (χ0) is 17.5. The molecule has 0 aromatic heterocycles. The summed E-state index contributed by atoms with van der Waals surface area (Å²) in [6.45, 7) is 4.07. The second kappa shape index (κ2) is 9.00. The maximum Gasteiger partial charge on any atom is 0.230 e. The molecule has 2 aromatic rings. The number of benzene rings is 2. The van der Waals surface area contributed by atoms with Gasteiger partial charge in [0.05, 0.1) is 18.9 Å². The second-order valence-electron chi connectivity index (χ2n) is 5.50. The summed E-state index contributed by atoms with van der Waals surface area (Å²) in [6.07, 6.45) is 0.836. The largest absolute Gasteiger partial charge is 0.496 e. The van der Waals surface area contributed by atoms with Crippen molar-refractivity contribution in [3.05, 3.63) is 58.6 Å². The summed E-state index contributed by atoms with van der Waals surface area (Å²) in [7, 11) is 1.66. The number of carbonyl (C=O) groups excluding carboxylic acids is 1. The number of aryl methyl sites for hydroxylation is 1. The quantitative estimate of drug-likeness (QED) is 0.702. The smallest absolute Gasteiger partial charge is 0.230 e. The lowest BCUT2D eigenvalue weighted by Gasteiger charge is -2.19. The number of hydrogen-bond donors (Lipinski definition) is 1. The minimum atomic E-state index is 0.00734. The van der Waals surface area contributed by atoms with E-state index in [-0.39, 0.29) is 11.9 Å². The second-order valence-corrected chi connectivity index (χ2v) is 6.99. The van der Waals surface area contributed by atoms with Crippen LogP contribution in [0.2, 0.25) is 5.02 Å². The molecule has 0 saturated heterocycles. The highest BCUT2D eigenvalue weighted by atomic mass is 35.5. The molecule has 0 heterocycles. The number of rotatable bonds is 7. The fourth-order valence-electron chi connectivity index (χ4n) is 2.46. The van der Waals surface area contributed by atoms with Crippen LogP contribution in [0.15, 0.2) is 47.4 Å². The molecule has 2 aromatic carbocycles. The molecular formula is C19H22ClNO2S. The summed E-state index contributed by atoms with van der Waals surface area (Å²) in [6, 6.07) is 13.5. The Bertz CT molecular complexity index is 688. The highest BCUT2D eigenvalue weighted by molar-refractivity contribution is 8.00. The Hall–Kier alpha value is -1.65. The van der Waals surface area contributed by atoms with Crippen molar-refractivity contribution in [3.63, 3.8) is 0 Å². The maximum absolute atomic E-state index is 12.3. The van der Waals surface area contributed by atoms with Gasteiger partial charge in [-0.3, -0.25) is 4.79 Å². The summed E-state index contributed by atoms with van der Waals surface area (Å²) >= 11 is 7.37. The third kappa shape index (κ3) is 5.18. The molecule has 0 aliphatic carbocycles. The number of methoxy groups -OCH3 is 1. The van der Waals surface area contributed by atoms with Gasteiger partial charge in [-0.1, -0.05) is 30.7 Å². The van der Waals surface area contributed by atoms with Crippen molar-refractivity contribution in [2.75, 3.05) is 12.9 Å². The molecule has 0 bridgehead atoms. The number of carbonyl (C=O) groups is 1. The summed E-state index contributed by atoms with van der Waals surface area (Å²) in [5.74, 6) is 1.27. The van der Waals surface area contributed by atoms with E-state index in [4.69, 9.17) is 16.3 Å². The first-order valence-corrected chi connectivity index (χ1v) is 9.22. The standard InChI is InChI=1S/C19H22ClNO2S/c1-4-17(14-5-10-18(23-3)13(2)11-14)21-19(22)12-24-16-8-6-15(20)7-9-16/h5-11,17H,4,12H2,1-3H3,(H,21,22)/t17-/m0/s1. The zero-order valence-electron chi connectivity index (χ0n) is 14.1. The normalized spacial score (nSPS) is 11.8. The lowest BCUT2D eigenvalue weighted by atomic mass is 10.0. The third-order valence-electron chi connectivity index (χ3n) is 3.75. The van der Waals surface area contributed by atoms with Gasteiger partial charge in [-0.2, -0.15) is 0 Å². The molecule has 0 aliphatic rings. The average molecular weight is 364 g/mol. The predicted molar refractivity (Wildman–Crippen MR) is 101 cm³/mol. The molecule has 0 spiro atoms. The summed E-state index contributed by atoms with van der Waals surface area (Å²) in [4.78, 5) is 13.3. The molecule has 2 rings (SSSR count). The highest BCUT2D eigenvalue weighted by Gasteiger charge is 2.14. The van der Waals surface area contributed by atoms with E-state index >= 15 is 0 Å². The number of nitrogens with one attached hydrogen (secondary N) is 1. The van der Waals surface area contributed by atoms with Crippen molar-refractivity contribution in [3.8, 4) is 5.75 Å². The van der Waals surface area contributed by atoms with E-state index in [1.165, 1.54) is 11.8 Å². The van der Waals surface area contributed by atoms with Gasteiger partial charge in [-0.15, -0.1) is 11.8 Å². The Labute approximate surface area is 152 Å². The monoisotopic (exact) mass is 363 g/mol. The van der Waals surface area contributed by atoms with E-state index in [1.807, 2.05) is 43.3 Å². The van der Waals surface area contributed by atoms with E-state index < -0.39 is 0 Å². The fourth-order valence-corrected chi connectivity index (χ4v) is 3.29. The lowest BCUT2D eigenvalue weighted by Crippen LogP contribution is -2.29. The average Bonchev–Trinajstić information content (AvgIpc) is 2.59. The van der Waals surface area contributed by atoms with E-state index in [0.717, 1.165) is 28.2 Å². The van der Waals surface area contributed by atoms with Crippen molar-refractivity contribution >= 4 is 29.3 Å². The van der Waals surface area contributed by atoms with Gasteiger partial charge in [0.15, 0.2) is 0 Å². The van der Waals surface area contributed by atoms with Crippen LogP contribution in [0.1, 0.15) is 30.5 Å². The molecule has 0 saturated carbocycles. The first-order chi connectivity index (χ1) is 11.5. The number of amides is 1. The van der Waals surface area contributed by atoms with Crippen LogP contribution in [0, 0.1) is 6.92 Å². The molecule has 0 aliphatic heterocycles. The van der Waals surface area contributed by atoms with E-state index in [9.17, 15) is 4.79 Å². The van der Waals surface area contributed by atoms with Crippen LogP contribution < -0.4 is 10.1 Å². The fraction of sp³-hybridized carbons (Fsp3) is 0.316. The molecule has 0 fully saturated rings. The van der Waals surface area contributed by atoms with Gasteiger partial charge in [0.2, 0.25) is 5.91 Å². The third-order valence-corrected chi connectivity index (χ3v) is 5.01. The van der Waals surface area contributed by atoms with Gasteiger partial charge in [0, 0.05) is 9.92 Å². The van der Waals surface area contributed by atoms with Crippen LogP contribution in [-0.4, -0.2) is 18.8 Å². The Morgan fingerprint density at radius 3 is 2.54 bits per heavy atom. The number of thioether (sulfide) groups is 1. The van der Waals surface area contributed by atoms with Gasteiger partial charge in [0.25, 0.3) is 0 Å². The van der Waals surface area contributed by atoms with Gasteiger partial charge < -0.3 is 10.1 Å². The number of halogens is 1. The topological polar surface area (TPSA) is 38.3 Å². The zero-order valence-corrected chi connectivity index (χ0v) is 15.7. The SMILES string of the molecule is CC[C@H](NC(=O)CSc1ccc(Cl)cc1)c1ccc(OC)c(C)c1. The molecule has 24 heavy (non-hydrogen) atoms. The predicted octanol–water partition coefficient (Wildman–Crippen LogP) is 5.02. The summed E-state index contributed by atoms with van der Waals surface area (Å²) in [5, 5.41) is 3.80. The Morgan fingerprint density at radius 1 is 1.25 bits per heavy atom. The van der Waals surface area contributed by atoms with Crippen LogP contribution in [0.3, 0.4) is 0 Å². The van der Waals surface area contributed by atoms with Crippen molar-refractivity contribution < 1.29 is 9.53 Å². The molecular weight excluding hydrogens is 342 g/mol. The van der Waals surface area contributed by atoms with Crippen molar-refractivity contribution in [1.82, 2.24) is 5.32 Å². The van der Waals surface area contributed by atoms with E-state index in [1.54, 1.807) is 7.11 Å². The van der Waals surface area contributed by atoms with Gasteiger partial charge >= 0.3 is 0 Å². The van der Waals surface area contributed by atoms with Gasteiger partial charge in [-0.25, -0.2) is 0 Å². The first-order valence-electron chi connectivity index (χ1n) is 7.85. The van der Waals surface area contributed by atoms with Crippen molar-refractivity contribution in [1.29, 1.82) is 0 Å². The summed E-state index contributed by atoms with van der Waals surface area (Å²) in [5.41, 5.74) is 2.17. The van der Waals surface area contributed by atoms with Crippen LogP contribution in [0.5, 0.6) is 5.75 Å². The lowest BCUT2D eigenvalue weighted by molar-refractivity contribution is -0.119. The van der Waals surface area contributed by atoms with Crippen LogP contribution in [0.25, 0.3) is 0 Å². The van der Waals surface area contributed by atoms with Crippen LogP contribution in [0.4, 0.5) is 0 Å². The Morgan fingerprint density at radius 2 is 1.96 bits per heavy atom. The van der Waals surface area contributed by atoms with Crippen LogP contribution in [-0.2, 0) is 4.79 Å². The number of ether oxygens (including phenoxy) is 1. The minimum Gasteiger partial charge on any atom is -0.496 e. The van der Waals surface area contributed by atoms with Crippen molar-refractivity contribution in [2.24, 2.45) is 0 Å². The maximum atomic E-state index is 12.3. The molecule has 1 N–H and O–H groups in total. The molecule has 5 heteroatoms. The molecule has 128 valence electrons. The molecule has 1 atom stereocenters. The van der Waals surface area contributed by atoms with Crippen molar-refractivity contribution in [2.45, 2.75) is 31.2 Å². The highest BCUT2D eigenvalue weighted by Crippen LogP contribution is 2.25.